The fourth-order valence-corrected chi connectivity index (χ4v) is 2.71. The Balaban J connectivity index is 1.93. The Morgan fingerprint density at radius 3 is 2.58 bits per heavy atom. The number of nitrogens with zero attached hydrogens (tertiary/aromatic N) is 2. The monoisotopic (exact) mass is 265 g/mol. The Morgan fingerprint density at radius 1 is 1.42 bits per heavy atom. The molecule has 2 saturated carbocycles. The zero-order valence-corrected chi connectivity index (χ0v) is 12.5. The first-order valence-electron chi connectivity index (χ1n) is 7.50. The van der Waals surface area contributed by atoms with Crippen LogP contribution >= 0.6 is 0 Å². The van der Waals surface area contributed by atoms with Crippen molar-refractivity contribution in [3.05, 3.63) is 0 Å². The molecule has 0 spiro atoms. The SMILES string of the molecule is COCCN(CC(C)(C#N)NC1CC1)C(C)C1CC1. The van der Waals surface area contributed by atoms with Gasteiger partial charge < -0.3 is 4.74 Å². The third-order valence-electron chi connectivity index (χ3n) is 4.33. The fraction of sp³-hybridized carbons (Fsp3) is 0.933. The van der Waals surface area contributed by atoms with Crippen molar-refractivity contribution in [3.8, 4) is 6.07 Å². The second kappa shape index (κ2) is 6.21. The number of nitriles is 1. The normalized spacial score (nSPS) is 23.9. The lowest BCUT2D eigenvalue weighted by Gasteiger charge is -2.35. The Hall–Kier alpha value is -0.630. The largest absolute Gasteiger partial charge is 0.383 e. The van der Waals surface area contributed by atoms with E-state index in [-0.39, 0.29) is 0 Å². The molecule has 0 aromatic rings. The van der Waals surface area contributed by atoms with Gasteiger partial charge in [0.15, 0.2) is 0 Å². The van der Waals surface area contributed by atoms with Crippen molar-refractivity contribution >= 4 is 0 Å². The average molecular weight is 265 g/mol. The number of ether oxygens (including phenoxy) is 1. The zero-order chi connectivity index (χ0) is 13.9. The molecule has 108 valence electrons. The van der Waals surface area contributed by atoms with E-state index in [2.05, 4.69) is 23.2 Å². The summed E-state index contributed by atoms with van der Waals surface area (Å²) in [4.78, 5) is 2.43. The van der Waals surface area contributed by atoms with E-state index in [1.807, 2.05) is 6.92 Å². The smallest absolute Gasteiger partial charge is 0.116 e. The third-order valence-corrected chi connectivity index (χ3v) is 4.33. The van der Waals surface area contributed by atoms with Crippen molar-refractivity contribution in [1.29, 1.82) is 5.26 Å². The van der Waals surface area contributed by atoms with Crippen LogP contribution in [0.4, 0.5) is 0 Å². The molecule has 2 rings (SSSR count). The Morgan fingerprint density at radius 2 is 2.11 bits per heavy atom. The highest BCUT2D eigenvalue weighted by atomic mass is 16.5. The van der Waals surface area contributed by atoms with Crippen LogP contribution in [0.15, 0.2) is 0 Å². The number of nitrogens with one attached hydrogen (secondary N) is 1. The van der Waals surface area contributed by atoms with Crippen molar-refractivity contribution in [2.75, 3.05) is 26.8 Å². The summed E-state index contributed by atoms with van der Waals surface area (Å²) < 4.78 is 5.22. The summed E-state index contributed by atoms with van der Waals surface area (Å²) in [7, 11) is 1.74. The van der Waals surface area contributed by atoms with Crippen molar-refractivity contribution < 1.29 is 4.74 Å². The van der Waals surface area contributed by atoms with E-state index < -0.39 is 5.54 Å². The van der Waals surface area contributed by atoms with Gasteiger partial charge in [-0.1, -0.05) is 0 Å². The van der Waals surface area contributed by atoms with Crippen molar-refractivity contribution in [1.82, 2.24) is 10.2 Å². The van der Waals surface area contributed by atoms with E-state index >= 15 is 0 Å². The quantitative estimate of drug-likeness (QED) is 0.690. The van der Waals surface area contributed by atoms with Crippen LogP contribution in [-0.4, -0.2) is 49.3 Å². The van der Waals surface area contributed by atoms with E-state index in [9.17, 15) is 5.26 Å². The van der Waals surface area contributed by atoms with E-state index in [4.69, 9.17) is 4.74 Å². The molecule has 19 heavy (non-hydrogen) atoms. The summed E-state index contributed by atoms with van der Waals surface area (Å²) in [5.74, 6) is 0.820. The lowest BCUT2D eigenvalue weighted by molar-refractivity contribution is 0.101. The van der Waals surface area contributed by atoms with Gasteiger partial charge in [0.2, 0.25) is 0 Å². The predicted molar refractivity (Wildman–Crippen MR) is 75.8 cm³/mol. The highest BCUT2D eigenvalue weighted by Crippen LogP contribution is 2.35. The lowest BCUT2D eigenvalue weighted by atomic mass is 10.0. The molecule has 2 aliphatic rings. The van der Waals surface area contributed by atoms with Crippen molar-refractivity contribution in [2.45, 2.75) is 57.2 Å². The second-order valence-corrected chi connectivity index (χ2v) is 6.40. The maximum Gasteiger partial charge on any atom is 0.116 e. The first kappa shape index (κ1) is 14.8. The minimum atomic E-state index is -0.432. The van der Waals surface area contributed by atoms with Crippen molar-refractivity contribution in [2.24, 2.45) is 5.92 Å². The number of methoxy groups -OCH3 is 1. The molecule has 2 unspecified atom stereocenters. The average Bonchev–Trinajstić information content (AvgIpc) is 3.26. The Labute approximate surface area is 117 Å². The molecule has 2 aliphatic carbocycles. The fourth-order valence-electron chi connectivity index (χ4n) is 2.71. The summed E-state index contributed by atoms with van der Waals surface area (Å²) in [6.45, 7) is 6.77. The molecule has 0 aromatic heterocycles. The predicted octanol–water partition coefficient (Wildman–Crippen LogP) is 1.77. The maximum absolute atomic E-state index is 9.50. The minimum absolute atomic E-state index is 0.432. The minimum Gasteiger partial charge on any atom is -0.383 e. The van der Waals surface area contributed by atoms with E-state index in [1.54, 1.807) is 7.11 Å². The van der Waals surface area contributed by atoms with Crippen molar-refractivity contribution in [3.63, 3.8) is 0 Å². The summed E-state index contributed by atoms with van der Waals surface area (Å²) in [5, 5.41) is 13.0. The van der Waals surface area contributed by atoms with E-state index in [1.165, 1.54) is 25.7 Å². The zero-order valence-electron chi connectivity index (χ0n) is 12.5. The molecule has 4 heteroatoms. The summed E-state index contributed by atoms with van der Waals surface area (Å²) in [6.07, 6.45) is 5.11. The molecule has 0 bridgehead atoms. The Kier molecular flexibility index (Phi) is 4.83. The van der Waals surface area contributed by atoms with Crippen LogP contribution < -0.4 is 5.32 Å². The van der Waals surface area contributed by atoms with Crippen LogP contribution in [0.25, 0.3) is 0 Å². The van der Waals surface area contributed by atoms with Gasteiger partial charge in [0.25, 0.3) is 0 Å². The summed E-state index contributed by atoms with van der Waals surface area (Å²) in [6, 6.07) is 3.60. The first-order chi connectivity index (χ1) is 9.08. The molecule has 4 nitrogen and oxygen atoms in total. The van der Waals surface area contributed by atoms with Crippen LogP contribution in [0.3, 0.4) is 0 Å². The van der Waals surface area contributed by atoms with E-state index in [0.717, 1.165) is 25.6 Å². The van der Waals surface area contributed by atoms with E-state index in [0.29, 0.717) is 12.1 Å². The molecule has 0 saturated heterocycles. The lowest BCUT2D eigenvalue weighted by Crippen LogP contribution is -2.54. The van der Waals surface area contributed by atoms with Gasteiger partial charge in [-0.05, 0) is 45.4 Å². The van der Waals surface area contributed by atoms with Gasteiger partial charge in [0, 0.05) is 32.3 Å². The highest BCUT2D eigenvalue weighted by Gasteiger charge is 2.38. The van der Waals surface area contributed by atoms with Gasteiger partial charge in [-0.2, -0.15) is 5.26 Å². The van der Waals surface area contributed by atoms with Crippen LogP contribution in [0.2, 0.25) is 0 Å². The van der Waals surface area contributed by atoms with Gasteiger partial charge in [-0.25, -0.2) is 0 Å². The van der Waals surface area contributed by atoms with Crippen LogP contribution in [0, 0.1) is 17.2 Å². The Bertz CT molecular complexity index is 333. The standard InChI is InChI=1S/C15H27N3O/c1-12(13-4-5-13)18(8-9-19-3)11-15(2,10-16)17-14-6-7-14/h12-14,17H,4-9,11H2,1-3H3. The van der Waals surface area contributed by atoms with Gasteiger partial charge in [-0.15, -0.1) is 0 Å². The molecule has 0 heterocycles. The molecular weight excluding hydrogens is 238 g/mol. The summed E-state index contributed by atoms with van der Waals surface area (Å²) >= 11 is 0. The highest BCUT2D eigenvalue weighted by molar-refractivity contribution is 5.09. The molecule has 0 amide bonds. The van der Waals surface area contributed by atoms with Gasteiger partial charge in [0.05, 0.1) is 12.7 Å². The maximum atomic E-state index is 9.50. The number of rotatable bonds is 9. The third kappa shape index (κ3) is 4.45. The molecule has 0 aromatic carbocycles. The summed E-state index contributed by atoms with van der Waals surface area (Å²) in [5.41, 5.74) is -0.432. The number of hydrogen-bond donors (Lipinski definition) is 1. The molecular formula is C15H27N3O. The molecule has 1 N–H and O–H groups in total. The van der Waals surface area contributed by atoms with Crippen LogP contribution in [0.5, 0.6) is 0 Å². The molecule has 0 aliphatic heterocycles. The molecule has 2 atom stereocenters. The topological polar surface area (TPSA) is 48.3 Å². The molecule has 0 radical (unpaired) electrons. The van der Waals surface area contributed by atoms with Gasteiger partial charge >= 0.3 is 0 Å². The van der Waals surface area contributed by atoms with Gasteiger partial charge in [0.1, 0.15) is 5.54 Å². The molecule has 2 fully saturated rings. The first-order valence-corrected chi connectivity index (χ1v) is 7.50. The second-order valence-electron chi connectivity index (χ2n) is 6.40. The number of hydrogen-bond acceptors (Lipinski definition) is 4. The van der Waals surface area contributed by atoms with Crippen LogP contribution in [0.1, 0.15) is 39.5 Å². The van der Waals surface area contributed by atoms with Gasteiger partial charge in [-0.3, -0.25) is 10.2 Å². The van der Waals surface area contributed by atoms with Crippen LogP contribution in [-0.2, 0) is 4.74 Å².